The summed E-state index contributed by atoms with van der Waals surface area (Å²) in [7, 11) is 0. The van der Waals surface area contributed by atoms with Gasteiger partial charge in [-0.15, -0.1) is 0 Å². The van der Waals surface area contributed by atoms with Gasteiger partial charge in [0.05, 0.1) is 0 Å². The van der Waals surface area contributed by atoms with E-state index in [1.54, 1.807) is 30.5 Å². The van der Waals surface area contributed by atoms with Gasteiger partial charge in [0, 0.05) is 35.7 Å². The van der Waals surface area contributed by atoms with E-state index in [1.807, 2.05) is 43.3 Å². The molecule has 0 aliphatic heterocycles. The van der Waals surface area contributed by atoms with E-state index in [0.29, 0.717) is 17.1 Å². The summed E-state index contributed by atoms with van der Waals surface area (Å²) in [6.45, 7) is 3.44. The van der Waals surface area contributed by atoms with Crippen molar-refractivity contribution in [3.8, 4) is 0 Å². The molecule has 6 heteroatoms. The summed E-state index contributed by atoms with van der Waals surface area (Å²) in [5.41, 5.74) is 3.84. The molecule has 3 N–H and O–H groups in total. The van der Waals surface area contributed by atoms with Crippen molar-refractivity contribution in [2.45, 2.75) is 13.8 Å². The quantitative estimate of drug-likeness (QED) is 0.632. The number of nitrogens with zero attached hydrogens (tertiary/aromatic N) is 1. The Bertz CT molecular complexity index is 968. The Morgan fingerprint density at radius 1 is 0.852 bits per heavy atom. The molecule has 0 spiro atoms. The second-order valence-corrected chi connectivity index (χ2v) is 6.14. The largest absolute Gasteiger partial charge is 0.340 e. The zero-order valence-electron chi connectivity index (χ0n) is 15.1. The predicted molar refractivity (Wildman–Crippen MR) is 107 cm³/mol. The molecule has 6 nitrogen and oxygen atoms in total. The molecule has 0 radical (unpaired) electrons. The summed E-state index contributed by atoms with van der Waals surface area (Å²) in [5.74, 6) is 0.232. The van der Waals surface area contributed by atoms with E-state index in [-0.39, 0.29) is 11.8 Å². The summed E-state index contributed by atoms with van der Waals surface area (Å²) in [5, 5.41) is 8.74. The van der Waals surface area contributed by atoms with Crippen molar-refractivity contribution < 1.29 is 9.59 Å². The predicted octanol–water partition coefficient (Wildman–Crippen LogP) is 4.34. The molecule has 3 aromatic rings. The highest BCUT2D eigenvalue weighted by Crippen LogP contribution is 2.19. The molecule has 0 bridgehead atoms. The lowest BCUT2D eigenvalue weighted by atomic mass is 10.2. The number of carbonyl (C=O) groups excluding carboxylic acids is 2. The third-order valence-corrected chi connectivity index (χ3v) is 3.78. The molecule has 0 fully saturated rings. The number of aromatic nitrogens is 1. The summed E-state index contributed by atoms with van der Waals surface area (Å²) < 4.78 is 0. The van der Waals surface area contributed by atoms with E-state index in [2.05, 4.69) is 20.9 Å². The van der Waals surface area contributed by atoms with Crippen LogP contribution in [-0.4, -0.2) is 16.8 Å². The number of pyridine rings is 1. The van der Waals surface area contributed by atoms with E-state index >= 15 is 0 Å². The molecule has 2 amide bonds. The van der Waals surface area contributed by atoms with Crippen molar-refractivity contribution in [2.75, 3.05) is 16.0 Å². The minimum Gasteiger partial charge on any atom is -0.340 e. The standard InChI is InChI=1S/C21H20N4O2/c1-14-4-3-5-19(12-14)25-21(27)16-10-11-22-20(13-16)24-18-8-6-17(7-9-18)23-15(2)26/h3-13H,1-2H3,(H,22,24)(H,23,26)(H,25,27). The first-order valence-electron chi connectivity index (χ1n) is 8.48. The van der Waals surface area contributed by atoms with Gasteiger partial charge in [-0.3, -0.25) is 9.59 Å². The molecule has 0 saturated heterocycles. The van der Waals surface area contributed by atoms with Crippen molar-refractivity contribution in [3.63, 3.8) is 0 Å². The van der Waals surface area contributed by atoms with Crippen molar-refractivity contribution in [2.24, 2.45) is 0 Å². The Hall–Kier alpha value is -3.67. The number of rotatable bonds is 5. The van der Waals surface area contributed by atoms with Crippen LogP contribution in [0, 0.1) is 6.92 Å². The van der Waals surface area contributed by atoms with E-state index < -0.39 is 0 Å². The zero-order valence-corrected chi connectivity index (χ0v) is 15.1. The number of nitrogens with one attached hydrogen (secondary N) is 3. The van der Waals surface area contributed by atoms with E-state index in [1.165, 1.54) is 6.92 Å². The van der Waals surface area contributed by atoms with E-state index in [4.69, 9.17) is 0 Å². The maximum absolute atomic E-state index is 12.5. The molecule has 136 valence electrons. The minimum atomic E-state index is -0.202. The van der Waals surface area contributed by atoms with Crippen molar-refractivity contribution in [1.29, 1.82) is 0 Å². The van der Waals surface area contributed by atoms with Gasteiger partial charge in [0.1, 0.15) is 5.82 Å². The lowest BCUT2D eigenvalue weighted by Gasteiger charge is -2.09. The first-order chi connectivity index (χ1) is 13.0. The molecule has 0 atom stereocenters. The van der Waals surface area contributed by atoms with Gasteiger partial charge in [0.25, 0.3) is 5.91 Å². The number of benzene rings is 2. The van der Waals surface area contributed by atoms with Crippen molar-refractivity contribution in [3.05, 3.63) is 78.0 Å². The lowest BCUT2D eigenvalue weighted by Crippen LogP contribution is -2.12. The molecule has 0 saturated carbocycles. The molecule has 2 aromatic carbocycles. The van der Waals surface area contributed by atoms with E-state index in [0.717, 1.165) is 16.9 Å². The second kappa shape index (κ2) is 8.14. The Morgan fingerprint density at radius 2 is 1.59 bits per heavy atom. The highest BCUT2D eigenvalue weighted by atomic mass is 16.2. The lowest BCUT2D eigenvalue weighted by molar-refractivity contribution is -0.114. The molecule has 0 unspecified atom stereocenters. The number of carbonyl (C=O) groups is 2. The fourth-order valence-electron chi connectivity index (χ4n) is 2.55. The molecule has 27 heavy (non-hydrogen) atoms. The van der Waals surface area contributed by atoms with Crippen LogP contribution in [0.2, 0.25) is 0 Å². The highest BCUT2D eigenvalue weighted by Gasteiger charge is 2.08. The van der Waals surface area contributed by atoms with Gasteiger partial charge < -0.3 is 16.0 Å². The maximum atomic E-state index is 12.5. The van der Waals surface area contributed by atoms with Crippen LogP contribution in [0.1, 0.15) is 22.8 Å². The van der Waals surface area contributed by atoms with Gasteiger partial charge in [-0.2, -0.15) is 0 Å². The Balaban J connectivity index is 1.69. The molecular weight excluding hydrogens is 340 g/mol. The van der Waals surface area contributed by atoms with Crippen molar-refractivity contribution in [1.82, 2.24) is 4.98 Å². The van der Waals surface area contributed by atoms with Gasteiger partial charge in [0.2, 0.25) is 5.91 Å². The van der Waals surface area contributed by atoms with Gasteiger partial charge in [-0.05, 0) is 61.0 Å². The van der Waals surface area contributed by atoms with E-state index in [9.17, 15) is 9.59 Å². The molecular formula is C21H20N4O2. The monoisotopic (exact) mass is 360 g/mol. The van der Waals surface area contributed by atoms with Crippen LogP contribution in [0.3, 0.4) is 0 Å². The van der Waals surface area contributed by atoms with Crippen LogP contribution in [-0.2, 0) is 4.79 Å². The number of aryl methyl sites for hydroxylation is 1. The van der Waals surface area contributed by atoms with Gasteiger partial charge in [-0.1, -0.05) is 12.1 Å². The third-order valence-electron chi connectivity index (χ3n) is 3.78. The third kappa shape index (κ3) is 5.15. The van der Waals surface area contributed by atoms with Gasteiger partial charge in [0.15, 0.2) is 0 Å². The van der Waals surface area contributed by atoms with Crippen LogP contribution < -0.4 is 16.0 Å². The van der Waals surface area contributed by atoms with Crippen LogP contribution in [0.15, 0.2) is 66.9 Å². The highest BCUT2D eigenvalue weighted by molar-refractivity contribution is 6.04. The van der Waals surface area contributed by atoms with Crippen LogP contribution >= 0.6 is 0 Å². The number of hydrogen-bond acceptors (Lipinski definition) is 4. The summed E-state index contributed by atoms with van der Waals surface area (Å²) in [6.07, 6.45) is 1.58. The zero-order chi connectivity index (χ0) is 19.2. The number of anilines is 4. The number of hydrogen-bond donors (Lipinski definition) is 3. The SMILES string of the molecule is CC(=O)Nc1ccc(Nc2cc(C(=O)Nc3cccc(C)c3)ccn2)cc1. The molecule has 1 heterocycles. The maximum Gasteiger partial charge on any atom is 0.255 e. The van der Waals surface area contributed by atoms with Crippen molar-refractivity contribution >= 4 is 34.7 Å². The Labute approximate surface area is 157 Å². The first-order valence-corrected chi connectivity index (χ1v) is 8.48. The average molecular weight is 360 g/mol. The molecule has 1 aromatic heterocycles. The number of amides is 2. The molecule has 3 rings (SSSR count). The summed E-state index contributed by atoms with van der Waals surface area (Å²) in [6, 6.07) is 18.2. The van der Waals surface area contributed by atoms with Crippen LogP contribution in [0.25, 0.3) is 0 Å². The smallest absolute Gasteiger partial charge is 0.255 e. The fraction of sp³-hybridized carbons (Fsp3) is 0.0952. The average Bonchev–Trinajstić information content (AvgIpc) is 2.63. The molecule has 0 aliphatic carbocycles. The Morgan fingerprint density at radius 3 is 2.30 bits per heavy atom. The first kappa shape index (κ1) is 18.1. The van der Waals surface area contributed by atoms with Gasteiger partial charge in [-0.25, -0.2) is 4.98 Å². The Kier molecular flexibility index (Phi) is 5.47. The summed E-state index contributed by atoms with van der Waals surface area (Å²) >= 11 is 0. The van der Waals surface area contributed by atoms with Crippen LogP contribution in [0.4, 0.5) is 22.9 Å². The topological polar surface area (TPSA) is 83.1 Å². The van der Waals surface area contributed by atoms with Crippen LogP contribution in [0.5, 0.6) is 0 Å². The normalized spacial score (nSPS) is 10.1. The fourth-order valence-corrected chi connectivity index (χ4v) is 2.55. The molecule has 0 aliphatic rings. The second-order valence-electron chi connectivity index (χ2n) is 6.14. The minimum absolute atomic E-state index is 0.121. The summed E-state index contributed by atoms with van der Waals surface area (Å²) in [4.78, 5) is 27.8. The van der Waals surface area contributed by atoms with Gasteiger partial charge >= 0.3 is 0 Å².